The summed E-state index contributed by atoms with van der Waals surface area (Å²) in [6.45, 7) is 2.28. The topological polar surface area (TPSA) is 57.2 Å². The Hall–Kier alpha value is 0.130. The first-order valence-electron chi connectivity index (χ1n) is 13.1. The largest absolute Gasteiger partial charge is 1.00 e. The monoisotopic (exact) mass is 474 g/mol. The van der Waals surface area contributed by atoms with Crippen LogP contribution in [-0.4, -0.2) is 13.0 Å². The summed E-state index contributed by atoms with van der Waals surface area (Å²) in [5.74, 6) is 0. The van der Waals surface area contributed by atoms with Crippen molar-refractivity contribution in [1.29, 1.82) is 0 Å². The molecule has 1 aromatic rings. The fourth-order valence-electron chi connectivity index (χ4n) is 4.26. The van der Waals surface area contributed by atoms with Crippen LogP contribution >= 0.6 is 0 Å². The van der Waals surface area contributed by atoms with E-state index in [0.29, 0.717) is 0 Å². The maximum Gasteiger partial charge on any atom is 1.00 e. The molecule has 1 aromatic carbocycles. The average Bonchev–Trinajstić information content (AvgIpc) is 2.75. The third kappa shape index (κ3) is 18.5. The van der Waals surface area contributed by atoms with Gasteiger partial charge in [-0.3, -0.25) is 0 Å². The van der Waals surface area contributed by atoms with Crippen molar-refractivity contribution in [1.82, 2.24) is 0 Å². The molecular weight excluding hydrogens is 427 g/mol. The van der Waals surface area contributed by atoms with Gasteiger partial charge in [-0.15, -0.1) is 0 Å². The van der Waals surface area contributed by atoms with Crippen LogP contribution in [0.1, 0.15) is 134 Å². The summed E-state index contributed by atoms with van der Waals surface area (Å²) >= 11 is 0. The molecule has 0 saturated carbocycles. The molecule has 0 aliphatic heterocycles. The Morgan fingerprint density at radius 1 is 0.625 bits per heavy atom. The quantitative estimate of drug-likeness (QED) is 0.133. The third-order valence-corrected chi connectivity index (χ3v) is 7.09. The summed E-state index contributed by atoms with van der Waals surface area (Å²) in [7, 11) is -4.34. The van der Waals surface area contributed by atoms with Gasteiger partial charge in [0.1, 0.15) is 10.1 Å². The SMILES string of the molecule is CCCCCCCCCCCCCCCCCCCCCc1cccc(S(=O)(=O)[O-])c1.[Na+]. The van der Waals surface area contributed by atoms with Crippen LogP contribution in [0.4, 0.5) is 0 Å². The van der Waals surface area contributed by atoms with Gasteiger partial charge >= 0.3 is 29.6 Å². The van der Waals surface area contributed by atoms with E-state index in [1.807, 2.05) is 6.07 Å². The fourth-order valence-corrected chi connectivity index (χ4v) is 4.81. The van der Waals surface area contributed by atoms with Gasteiger partial charge < -0.3 is 4.55 Å². The molecule has 1 rings (SSSR count). The zero-order valence-electron chi connectivity index (χ0n) is 21.1. The second kappa shape index (κ2) is 21.6. The van der Waals surface area contributed by atoms with Crippen molar-refractivity contribution in [3.8, 4) is 0 Å². The maximum atomic E-state index is 11.1. The summed E-state index contributed by atoms with van der Waals surface area (Å²) in [4.78, 5) is -0.109. The van der Waals surface area contributed by atoms with E-state index in [-0.39, 0.29) is 34.5 Å². The van der Waals surface area contributed by atoms with E-state index >= 15 is 0 Å². The van der Waals surface area contributed by atoms with Crippen LogP contribution in [0, 0.1) is 0 Å². The molecule has 5 heteroatoms. The Morgan fingerprint density at radius 2 is 1.00 bits per heavy atom. The Labute approximate surface area is 221 Å². The van der Waals surface area contributed by atoms with E-state index < -0.39 is 10.1 Å². The molecule has 0 fully saturated rings. The number of hydrogen-bond donors (Lipinski definition) is 0. The van der Waals surface area contributed by atoms with Crippen LogP contribution in [0.25, 0.3) is 0 Å². The molecule has 32 heavy (non-hydrogen) atoms. The maximum absolute atomic E-state index is 11.1. The molecule has 0 aliphatic carbocycles. The van der Waals surface area contributed by atoms with Crippen LogP contribution < -0.4 is 29.6 Å². The second-order valence-corrected chi connectivity index (χ2v) is 10.6. The fraction of sp³-hybridized carbons (Fsp3) is 0.778. The minimum atomic E-state index is -4.34. The van der Waals surface area contributed by atoms with E-state index in [4.69, 9.17) is 0 Å². The molecule has 0 amide bonds. The molecule has 0 heterocycles. The minimum absolute atomic E-state index is 0. The van der Waals surface area contributed by atoms with E-state index in [2.05, 4.69) is 6.92 Å². The van der Waals surface area contributed by atoms with Gasteiger partial charge in [0, 0.05) is 0 Å². The van der Waals surface area contributed by atoms with Crippen LogP contribution in [0.3, 0.4) is 0 Å². The van der Waals surface area contributed by atoms with Crippen molar-refractivity contribution in [2.45, 2.75) is 140 Å². The van der Waals surface area contributed by atoms with E-state index in [9.17, 15) is 13.0 Å². The molecule has 180 valence electrons. The molecule has 3 nitrogen and oxygen atoms in total. The van der Waals surface area contributed by atoms with Gasteiger partial charge in [-0.05, 0) is 30.5 Å². The standard InChI is InChI=1S/C27H48O3S.Na/c1-2-3-4-5-6-7-8-9-10-11-12-13-14-15-16-17-18-19-20-22-26-23-21-24-27(25-26)31(28,29)30;/h21,23-25H,2-20,22H2,1H3,(H,28,29,30);/q;+1/p-1. The second-order valence-electron chi connectivity index (χ2n) is 9.22. The summed E-state index contributed by atoms with van der Waals surface area (Å²) < 4.78 is 33.2. The van der Waals surface area contributed by atoms with E-state index in [1.165, 1.54) is 128 Å². The molecule has 0 spiro atoms. The Bertz CT molecular complexity index is 646. The first-order valence-corrected chi connectivity index (χ1v) is 14.5. The number of hydrogen-bond acceptors (Lipinski definition) is 3. The number of benzene rings is 1. The Balaban J connectivity index is 0.00000961. The van der Waals surface area contributed by atoms with Crippen LogP contribution in [0.15, 0.2) is 29.2 Å². The van der Waals surface area contributed by atoms with Gasteiger partial charge in [-0.1, -0.05) is 135 Å². The Morgan fingerprint density at radius 3 is 1.38 bits per heavy atom. The third-order valence-electron chi connectivity index (χ3n) is 6.26. The van der Waals surface area contributed by atoms with Gasteiger partial charge in [-0.2, -0.15) is 0 Å². The predicted octanol–water partition coefficient (Wildman–Crippen LogP) is 5.57. The van der Waals surface area contributed by atoms with Gasteiger partial charge in [0.25, 0.3) is 0 Å². The molecule has 0 radical (unpaired) electrons. The van der Waals surface area contributed by atoms with Crippen LogP contribution in [0.5, 0.6) is 0 Å². The predicted molar refractivity (Wildman–Crippen MR) is 132 cm³/mol. The molecule has 0 atom stereocenters. The minimum Gasteiger partial charge on any atom is -0.744 e. The number of unbranched alkanes of at least 4 members (excludes halogenated alkanes) is 18. The van der Waals surface area contributed by atoms with Crippen molar-refractivity contribution in [2.75, 3.05) is 0 Å². The molecule has 0 aliphatic rings. The summed E-state index contributed by atoms with van der Waals surface area (Å²) in [6, 6.07) is 6.47. The van der Waals surface area contributed by atoms with Crippen molar-refractivity contribution in [3.63, 3.8) is 0 Å². The number of aryl methyl sites for hydroxylation is 1. The van der Waals surface area contributed by atoms with Gasteiger partial charge in [0.15, 0.2) is 0 Å². The average molecular weight is 475 g/mol. The van der Waals surface area contributed by atoms with Gasteiger partial charge in [0.2, 0.25) is 0 Å². The van der Waals surface area contributed by atoms with Gasteiger partial charge in [0.05, 0.1) is 4.90 Å². The summed E-state index contributed by atoms with van der Waals surface area (Å²) in [6.07, 6.45) is 26.8. The molecule has 0 saturated heterocycles. The smallest absolute Gasteiger partial charge is 0.744 e. The summed E-state index contributed by atoms with van der Waals surface area (Å²) in [5, 5.41) is 0. The van der Waals surface area contributed by atoms with E-state index in [0.717, 1.165) is 18.4 Å². The van der Waals surface area contributed by atoms with Crippen molar-refractivity contribution < 1.29 is 42.5 Å². The summed E-state index contributed by atoms with van der Waals surface area (Å²) in [5.41, 5.74) is 0.948. The molecule has 0 bridgehead atoms. The van der Waals surface area contributed by atoms with Crippen LogP contribution in [-0.2, 0) is 16.5 Å². The van der Waals surface area contributed by atoms with Crippen molar-refractivity contribution in [2.24, 2.45) is 0 Å². The van der Waals surface area contributed by atoms with E-state index in [1.54, 1.807) is 6.07 Å². The zero-order valence-corrected chi connectivity index (χ0v) is 23.9. The first-order chi connectivity index (χ1) is 15.0. The zero-order chi connectivity index (χ0) is 22.6. The molecule has 0 unspecified atom stereocenters. The number of rotatable bonds is 21. The molecule has 0 N–H and O–H groups in total. The first kappa shape index (κ1) is 32.1. The molecule has 0 aromatic heterocycles. The Kier molecular flexibility index (Phi) is 21.7. The molecular formula is C27H47NaO3S. The normalized spacial score (nSPS) is 11.4. The van der Waals surface area contributed by atoms with Crippen molar-refractivity contribution >= 4 is 10.1 Å². The van der Waals surface area contributed by atoms with Crippen molar-refractivity contribution in [3.05, 3.63) is 29.8 Å². The van der Waals surface area contributed by atoms with Gasteiger partial charge in [-0.25, -0.2) is 8.42 Å². The van der Waals surface area contributed by atoms with Crippen LogP contribution in [0.2, 0.25) is 0 Å².